The summed E-state index contributed by atoms with van der Waals surface area (Å²) in [5.41, 5.74) is 1.08. The van der Waals surface area contributed by atoms with Crippen molar-refractivity contribution >= 4 is 22.5 Å². The van der Waals surface area contributed by atoms with Crippen LogP contribution in [0.15, 0.2) is 5.38 Å². The fraction of sp³-hybridized carbons (Fsp3) is 0.750. The van der Waals surface area contributed by atoms with Crippen LogP contribution in [0.5, 0.6) is 0 Å². The van der Waals surface area contributed by atoms with Crippen LogP contribution in [-0.4, -0.2) is 48.1 Å². The maximum absolute atomic E-state index is 12.4. The number of aryl methyl sites for hydroxylation is 1. The van der Waals surface area contributed by atoms with Gasteiger partial charge in [0.05, 0.1) is 5.69 Å². The molecule has 1 saturated heterocycles. The van der Waals surface area contributed by atoms with E-state index in [0.29, 0.717) is 6.04 Å². The second-order valence-electron chi connectivity index (χ2n) is 6.66. The Morgan fingerprint density at radius 3 is 2.73 bits per heavy atom. The molecule has 2 heterocycles. The summed E-state index contributed by atoms with van der Waals surface area (Å²) in [5, 5.41) is 6.40. The van der Waals surface area contributed by atoms with E-state index < -0.39 is 0 Å². The van der Waals surface area contributed by atoms with Crippen molar-refractivity contribution in [3.05, 3.63) is 11.1 Å². The van der Waals surface area contributed by atoms with E-state index in [1.165, 1.54) is 12.8 Å². The van der Waals surface area contributed by atoms with Gasteiger partial charge in [0.15, 0.2) is 5.13 Å². The van der Waals surface area contributed by atoms with Gasteiger partial charge in [-0.15, -0.1) is 11.3 Å². The molecule has 5 nitrogen and oxygen atoms in total. The second-order valence-corrected chi connectivity index (χ2v) is 7.50. The molecule has 2 fully saturated rings. The summed E-state index contributed by atoms with van der Waals surface area (Å²) in [7, 11) is 0. The summed E-state index contributed by atoms with van der Waals surface area (Å²) in [6, 6.07) is 0.491. The van der Waals surface area contributed by atoms with Gasteiger partial charge in [0.25, 0.3) is 0 Å². The van der Waals surface area contributed by atoms with E-state index in [2.05, 4.69) is 27.5 Å². The molecular formula is C16H26N4OS. The lowest BCUT2D eigenvalue weighted by Crippen LogP contribution is -2.54. The van der Waals surface area contributed by atoms with Crippen molar-refractivity contribution < 1.29 is 4.79 Å². The molecule has 0 radical (unpaired) electrons. The van der Waals surface area contributed by atoms with Crippen LogP contribution in [-0.2, 0) is 0 Å². The molecule has 3 rings (SSSR count). The number of urea groups is 1. The van der Waals surface area contributed by atoms with Crippen molar-refractivity contribution in [3.63, 3.8) is 0 Å². The first kappa shape index (κ1) is 15.6. The maximum atomic E-state index is 12.4. The minimum Gasteiger partial charge on any atom is -0.345 e. The van der Waals surface area contributed by atoms with Crippen molar-refractivity contribution in [2.75, 3.05) is 31.1 Å². The summed E-state index contributed by atoms with van der Waals surface area (Å²) in [5.74, 6) is 0.740. The van der Waals surface area contributed by atoms with Crippen LogP contribution in [0, 0.1) is 12.8 Å². The van der Waals surface area contributed by atoms with Gasteiger partial charge in [-0.25, -0.2) is 9.78 Å². The Morgan fingerprint density at radius 1 is 1.32 bits per heavy atom. The minimum atomic E-state index is 0.120. The molecular weight excluding hydrogens is 296 g/mol. The Balaban J connectivity index is 1.47. The smallest absolute Gasteiger partial charge is 0.317 e. The molecule has 2 aliphatic rings. The highest BCUT2D eigenvalue weighted by Crippen LogP contribution is 2.24. The highest BCUT2D eigenvalue weighted by molar-refractivity contribution is 7.13. The van der Waals surface area contributed by atoms with Crippen LogP contribution in [0.2, 0.25) is 0 Å². The van der Waals surface area contributed by atoms with Crippen LogP contribution >= 0.6 is 11.3 Å². The minimum absolute atomic E-state index is 0.120. The zero-order chi connectivity index (χ0) is 15.5. The van der Waals surface area contributed by atoms with Gasteiger partial charge in [-0.1, -0.05) is 19.8 Å². The Morgan fingerprint density at radius 2 is 2.09 bits per heavy atom. The number of anilines is 1. The average molecular weight is 322 g/mol. The average Bonchev–Trinajstić information content (AvgIpc) is 2.94. The topological polar surface area (TPSA) is 48.5 Å². The number of carbonyl (C=O) groups is 1. The number of rotatable bonds is 2. The number of nitrogens with one attached hydrogen (secondary N) is 1. The zero-order valence-electron chi connectivity index (χ0n) is 13.5. The summed E-state index contributed by atoms with van der Waals surface area (Å²) in [6.07, 6.45) is 4.81. The van der Waals surface area contributed by atoms with Crippen molar-refractivity contribution in [2.45, 2.75) is 45.6 Å². The number of thiazole rings is 1. The SMILES string of the molecule is Cc1csc(N2CCN(C(=O)NC3CCCC(C)C3)CC2)n1. The molecule has 22 heavy (non-hydrogen) atoms. The highest BCUT2D eigenvalue weighted by Gasteiger charge is 2.26. The van der Waals surface area contributed by atoms with Crippen LogP contribution in [0.3, 0.4) is 0 Å². The maximum Gasteiger partial charge on any atom is 0.317 e. The van der Waals surface area contributed by atoms with Gasteiger partial charge in [-0.05, 0) is 25.7 Å². The lowest BCUT2D eigenvalue weighted by molar-refractivity contribution is 0.183. The number of amides is 2. The third kappa shape index (κ3) is 3.72. The normalized spacial score (nSPS) is 26.1. The molecule has 2 atom stereocenters. The molecule has 0 bridgehead atoms. The predicted octanol–water partition coefficient (Wildman–Crippen LogP) is 2.86. The van der Waals surface area contributed by atoms with Crippen LogP contribution in [0.1, 0.15) is 38.3 Å². The summed E-state index contributed by atoms with van der Waals surface area (Å²) < 4.78 is 0. The lowest BCUT2D eigenvalue weighted by Gasteiger charge is -2.36. The summed E-state index contributed by atoms with van der Waals surface area (Å²) >= 11 is 1.69. The molecule has 1 N–H and O–H groups in total. The van der Waals surface area contributed by atoms with E-state index in [9.17, 15) is 4.79 Å². The van der Waals surface area contributed by atoms with Crippen molar-refractivity contribution in [1.29, 1.82) is 0 Å². The molecule has 1 aromatic rings. The van der Waals surface area contributed by atoms with Gasteiger partial charge in [0.1, 0.15) is 0 Å². The quantitative estimate of drug-likeness (QED) is 0.911. The number of nitrogens with zero attached hydrogens (tertiary/aromatic N) is 3. The van der Waals surface area contributed by atoms with E-state index in [1.807, 2.05) is 11.8 Å². The first-order valence-corrected chi connectivity index (χ1v) is 9.22. The number of hydrogen-bond acceptors (Lipinski definition) is 4. The van der Waals surface area contributed by atoms with E-state index in [4.69, 9.17) is 0 Å². The fourth-order valence-corrected chi connectivity index (χ4v) is 4.28. The second kappa shape index (κ2) is 6.86. The lowest BCUT2D eigenvalue weighted by atomic mass is 9.87. The van der Waals surface area contributed by atoms with Crippen LogP contribution in [0.25, 0.3) is 0 Å². The molecule has 2 unspecified atom stereocenters. The van der Waals surface area contributed by atoms with Crippen LogP contribution < -0.4 is 10.2 Å². The fourth-order valence-electron chi connectivity index (χ4n) is 3.42. The van der Waals surface area contributed by atoms with Gasteiger partial charge < -0.3 is 15.1 Å². The third-order valence-corrected chi connectivity index (χ3v) is 5.73. The number of hydrogen-bond donors (Lipinski definition) is 1. The summed E-state index contributed by atoms with van der Waals surface area (Å²) in [4.78, 5) is 21.2. The first-order chi connectivity index (χ1) is 10.6. The highest BCUT2D eigenvalue weighted by atomic mass is 32.1. The van der Waals surface area contributed by atoms with Gasteiger partial charge in [-0.3, -0.25) is 0 Å². The largest absolute Gasteiger partial charge is 0.345 e. The van der Waals surface area contributed by atoms with E-state index in [1.54, 1.807) is 11.3 Å². The molecule has 2 amide bonds. The molecule has 1 aromatic heterocycles. The number of aromatic nitrogens is 1. The first-order valence-electron chi connectivity index (χ1n) is 8.34. The molecule has 1 aliphatic heterocycles. The van der Waals surface area contributed by atoms with Crippen LogP contribution in [0.4, 0.5) is 9.93 Å². The molecule has 6 heteroatoms. The monoisotopic (exact) mass is 322 g/mol. The number of piperazine rings is 1. The van der Waals surface area contributed by atoms with Gasteiger partial charge in [0.2, 0.25) is 0 Å². The Hall–Kier alpha value is -1.30. The van der Waals surface area contributed by atoms with Crippen molar-refractivity contribution in [3.8, 4) is 0 Å². The van der Waals surface area contributed by atoms with E-state index in [0.717, 1.165) is 55.8 Å². The van der Waals surface area contributed by atoms with Gasteiger partial charge >= 0.3 is 6.03 Å². The van der Waals surface area contributed by atoms with E-state index in [-0.39, 0.29) is 6.03 Å². The molecule has 0 aromatic carbocycles. The zero-order valence-corrected chi connectivity index (χ0v) is 14.4. The Kier molecular flexibility index (Phi) is 4.86. The number of carbonyl (C=O) groups excluding carboxylic acids is 1. The Labute approximate surface area is 136 Å². The van der Waals surface area contributed by atoms with E-state index >= 15 is 0 Å². The van der Waals surface area contributed by atoms with Gasteiger partial charge in [0, 0.05) is 37.6 Å². The Bertz CT molecular complexity index is 510. The standard InChI is InChI=1S/C16H26N4OS/c1-12-4-3-5-14(10-12)18-15(21)19-6-8-20(9-7-19)16-17-13(2)11-22-16/h11-12,14H,3-10H2,1-2H3,(H,18,21). The molecule has 1 saturated carbocycles. The molecule has 1 aliphatic carbocycles. The van der Waals surface area contributed by atoms with Crippen molar-refractivity contribution in [1.82, 2.24) is 15.2 Å². The third-order valence-electron chi connectivity index (χ3n) is 4.71. The summed E-state index contributed by atoms with van der Waals surface area (Å²) in [6.45, 7) is 7.63. The predicted molar refractivity (Wildman–Crippen MR) is 90.6 cm³/mol. The van der Waals surface area contributed by atoms with Crippen molar-refractivity contribution in [2.24, 2.45) is 5.92 Å². The van der Waals surface area contributed by atoms with Gasteiger partial charge in [-0.2, -0.15) is 0 Å². The molecule has 122 valence electrons. The molecule has 0 spiro atoms.